The molecule has 0 N–H and O–H groups in total. The minimum atomic E-state index is -0.396. The number of hydrogen-bond acceptors (Lipinski definition) is 4. The molecule has 1 fully saturated rings. The molecule has 106 valence electrons. The lowest BCUT2D eigenvalue weighted by Gasteiger charge is -2.12. The van der Waals surface area contributed by atoms with Crippen molar-refractivity contribution < 1.29 is 9.63 Å². The third-order valence-corrected chi connectivity index (χ3v) is 3.49. The Labute approximate surface area is 115 Å². The predicted molar refractivity (Wildman–Crippen MR) is 74.5 cm³/mol. The van der Waals surface area contributed by atoms with Gasteiger partial charge in [-0.15, -0.1) is 0 Å². The maximum atomic E-state index is 10.8. The second-order valence-electron chi connectivity index (χ2n) is 5.28. The molecule has 1 saturated carbocycles. The van der Waals surface area contributed by atoms with Crippen molar-refractivity contribution in [1.82, 2.24) is 0 Å². The summed E-state index contributed by atoms with van der Waals surface area (Å²) in [5.74, 6) is -0.388. The Kier molecular flexibility index (Phi) is 7.88. The van der Waals surface area contributed by atoms with Crippen molar-refractivity contribution in [2.75, 3.05) is 0 Å². The van der Waals surface area contributed by atoms with E-state index >= 15 is 0 Å². The van der Waals surface area contributed by atoms with Gasteiger partial charge in [-0.3, -0.25) is 0 Å². The lowest BCUT2D eigenvalue weighted by molar-refractivity contribution is -0.141. The Bertz CT molecular complexity index is 345. The van der Waals surface area contributed by atoms with Crippen LogP contribution in [-0.4, -0.2) is 11.7 Å². The van der Waals surface area contributed by atoms with E-state index in [1.54, 1.807) is 0 Å². The molecule has 0 radical (unpaired) electrons. The summed E-state index contributed by atoms with van der Waals surface area (Å²) in [6, 6.07) is 2.35. The molecule has 0 aliphatic heterocycles. The lowest BCUT2D eigenvalue weighted by Crippen LogP contribution is -2.09. The van der Waals surface area contributed by atoms with Crippen LogP contribution in [0.4, 0.5) is 0 Å². The monoisotopic (exact) mass is 264 g/mol. The third kappa shape index (κ3) is 7.61. The molecule has 1 rings (SSSR count). The molecule has 0 saturated heterocycles. The van der Waals surface area contributed by atoms with Gasteiger partial charge in [0.25, 0.3) is 0 Å². The zero-order valence-electron chi connectivity index (χ0n) is 11.9. The molecule has 1 aliphatic rings. The smallest absolute Gasteiger partial charge is 0.319 e. The van der Waals surface area contributed by atoms with Gasteiger partial charge in [-0.1, -0.05) is 43.7 Å². The molecule has 1 aliphatic carbocycles. The first-order chi connectivity index (χ1) is 9.22. The number of oxime groups is 1. The molecule has 0 spiro atoms. The van der Waals surface area contributed by atoms with E-state index in [1.807, 2.05) is 0 Å². The largest absolute Gasteiger partial charge is 0.331 e. The van der Waals surface area contributed by atoms with Crippen molar-refractivity contribution in [3.8, 4) is 6.07 Å². The quantitative estimate of drug-likeness (QED) is 0.532. The highest BCUT2D eigenvalue weighted by molar-refractivity contribution is 5.85. The molecule has 0 bridgehead atoms. The van der Waals surface area contributed by atoms with Crippen molar-refractivity contribution in [1.29, 1.82) is 5.26 Å². The van der Waals surface area contributed by atoms with Gasteiger partial charge in [0.05, 0.1) is 17.7 Å². The zero-order chi connectivity index (χ0) is 13.9. The maximum Gasteiger partial charge on any atom is 0.331 e. The van der Waals surface area contributed by atoms with E-state index in [4.69, 9.17) is 4.84 Å². The van der Waals surface area contributed by atoms with E-state index in [-0.39, 0.29) is 5.92 Å². The van der Waals surface area contributed by atoms with Crippen molar-refractivity contribution in [3.05, 3.63) is 0 Å². The van der Waals surface area contributed by atoms with Crippen LogP contribution < -0.4 is 0 Å². The minimum Gasteiger partial charge on any atom is -0.319 e. The second kappa shape index (κ2) is 9.55. The molecule has 4 heteroatoms. The fourth-order valence-electron chi connectivity index (χ4n) is 2.41. The topological polar surface area (TPSA) is 62.4 Å². The van der Waals surface area contributed by atoms with Crippen LogP contribution in [0.15, 0.2) is 5.16 Å². The highest BCUT2D eigenvalue weighted by Crippen LogP contribution is 2.19. The Balaban J connectivity index is 2.59. The summed E-state index contributed by atoms with van der Waals surface area (Å²) >= 11 is 0. The van der Waals surface area contributed by atoms with Crippen LogP contribution in [0.5, 0.6) is 0 Å². The molecule has 1 atom stereocenters. The molecule has 0 aromatic carbocycles. The third-order valence-electron chi connectivity index (χ3n) is 3.49. The molecule has 0 amide bonds. The molecule has 0 aromatic rings. The van der Waals surface area contributed by atoms with Crippen molar-refractivity contribution in [3.63, 3.8) is 0 Å². The van der Waals surface area contributed by atoms with E-state index in [1.165, 1.54) is 39.0 Å². The van der Waals surface area contributed by atoms with Crippen LogP contribution in [0.1, 0.15) is 71.1 Å². The van der Waals surface area contributed by atoms with Crippen LogP contribution in [0, 0.1) is 17.2 Å². The normalized spacial score (nSPS) is 24.8. The average Bonchev–Trinajstić information content (AvgIpc) is 2.38. The number of carbonyl (C=O) groups excluding carboxylic acids is 1. The highest BCUT2D eigenvalue weighted by atomic mass is 16.7. The van der Waals surface area contributed by atoms with Crippen LogP contribution in [0.3, 0.4) is 0 Å². The zero-order valence-corrected chi connectivity index (χ0v) is 11.9. The van der Waals surface area contributed by atoms with Gasteiger partial charge >= 0.3 is 5.97 Å². The SMILES string of the molecule is CC(=O)ON=C1CCCCCCCCCC(C#N)C1. The van der Waals surface area contributed by atoms with Gasteiger partial charge in [0, 0.05) is 13.3 Å². The maximum absolute atomic E-state index is 10.8. The van der Waals surface area contributed by atoms with Gasteiger partial charge in [-0.2, -0.15) is 5.26 Å². The fourth-order valence-corrected chi connectivity index (χ4v) is 2.41. The number of nitrogens with zero attached hydrogens (tertiary/aromatic N) is 2. The van der Waals surface area contributed by atoms with Crippen molar-refractivity contribution >= 4 is 11.7 Å². The van der Waals surface area contributed by atoms with Crippen LogP contribution in [0.25, 0.3) is 0 Å². The number of carbonyl (C=O) groups is 1. The summed E-state index contributed by atoms with van der Waals surface area (Å²) in [6.45, 7) is 1.35. The Morgan fingerprint density at radius 2 is 1.84 bits per heavy atom. The first-order valence-electron chi connectivity index (χ1n) is 7.35. The summed E-state index contributed by atoms with van der Waals surface area (Å²) in [5.41, 5.74) is 0.863. The summed E-state index contributed by atoms with van der Waals surface area (Å²) in [5, 5.41) is 13.1. The van der Waals surface area contributed by atoms with E-state index in [0.29, 0.717) is 6.42 Å². The first kappa shape index (κ1) is 15.7. The minimum absolute atomic E-state index is 0.00809. The van der Waals surface area contributed by atoms with Gasteiger partial charge in [0.15, 0.2) is 0 Å². The van der Waals surface area contributed by atoms with Crippen LogP contribution >= 0.6 is 0 Å². The summed E-state index contributed by atoms with van der Waals surface area (Å²) < 4.78 is 0. The van der Waals surface area contributed by atoms with Gasteiger partial charge < -0.3 is 4.84 Å². The van der Waals surface area contributed by atoms with E-state index < -0.39 is 5.97 Å². The van der Waals surface area contributed by atoms with Crippen molar-refractivity contribution in [2.24, 2.45) is 11.1 Å². The molecule has 1 unspecified atom stereocenters. The molecule has 4 nitrogen and oxygen atoms in total. The number of nitriles is 1. The van der Waals surface area contributed by atoms with Gasteiger partial charge in [0.1, 0.15) is 0 Å². The van der Waals surface area contributed by atoms with Gasteiger partial charge in [-0.05, 0) is 19.3 Å². The van der Waals surface area contributed by atoms with Crippen molar-refractivity contribution in [2.45, 2.75) is 71.1 Å². The molecular formula is C15H24N2O2. The van der Waals surface area contributed by atoms with E-state index in [2.05, 4.69) is 11.2 Å². The highest BCUT2D eigenvalue weighted by Gasteiger charge is 2.13. The summed E-state index contributed by atoms with van der Waals surface area (Å²) in [7, 11) is 0. The van der Waals surface area contributed by atoms with E-state index in [9.17, 15) is 10.1 Å². The van der Waals surface area contributed by atoms with E-state index in [0.717, 1.165) is 31.4 Å². The van der Waals surface area contributed by atoms with Gasteiger partial charge in [0.2, 0.25) is 0 Å². The summed E-state index contributed by atoms with van der Waals surface area (Å²) in [6.07, 6.45) is 10.8. The fraction of sp³-hybridized carbons (Fsp3) is 0.800. The Morgan fingerprint density at radius 3 is 2.47 bits per heavy atom. The predicted octanol–water partition coefficient (Wildman–Crippen LogP) is 3.96. The average molecular weight is 264 g/mol. The second-order valence-corrected chi connectivity index (χ2v) is 5.28. The number of hydrogen-bond donors (Lipinski definition) is 0. The van der Waals surface area contributed by atoms with Crippen LogP contribution in [0.2, 0.25) is 0 Å². The Morgan fingerprint density at radius 1 is 1.21 bits per heavy atom. The number of rotatable bonds is 1. The molecule has 0 aromatic heterocycles. The molecule has 0 heterocycles. The summed E-state index contributed by atoms with van der Waals surface area (Å²) in [4.78, 5) is 15.6. The molecule has 19 heavy (non-hydrogen) atoms. The Hall–Kier alpha value is -1.37. The standard InChI is InChI=1S/C15H24N2O2/c1-13(18)19-17-15-10-8-6-4-2-3-5-7-9-14(11-15)12-16/h14H,2-11H2,1H3. The molecular weight excluding hydrogens is 240 g/mol. The lowest BCUT2D eigenvalue weighted by atomic mass is 9.93. The van der Waals surface area contributed by atoms with Crippen LogP contribution in [-0.2, 0) is 9.63 Å². The van der Waals surface area contributed by atoms with Gasteiger partial charge in [-0.25, -0.2) is 4.79 Å². The first-order valence-corrected chi connectivity index (χ1v) is 7.35.